The number of carbonyl (C=O) groups is 1. The molecule has 1 aliphatic rings. The van der Waals surface area contributed by atoms with Gasteiger partial charge in [0.05, 0.1) is 6.61 Å². The van der Waals surface area contributed by atoms with Crippen LogP contribution in [0.15, 0.2) is 30.3 Å². The van der Waals surface area contributed by atoms with Crippen LogP contribution in [0, 0.1) is 0 Å². The highest BCUT2D eigenvalue weighted by Crippen LogP contribution is 2.31. The van der Waals surface area contributed by atoms with Crippen molar-refractivity contribution in [1.82, 2.24) is 0 Å². The minimum absolute atomic E-state index is 0.330. The molecule has 0 N–H and O–H groups in total. The van der Waals surface area contributed by atoms with E-state index in [9.17, 15) is 4.79 Å². The van der Waals surface area contributed by atoms with Gasteiger partial charge >= 0.3 is 5.97 Å². The van der Waals surface area contributed by atoms with E-state index in [-0.39, 0.29) is 12.3 Å². The van der Waals surface area contributed by atoms with Gasteiger partial charge in [0.2, 0.25) is 0 Å². The molecule has 0 aliphatic carbocycles. The smallest absolute Gasteiger partial charge is 0.342 e. The van der Waals surface area contributed by atoms with Crippen LogP contribution < -0.4 is 0 Å². The quantitative estimate of drug-likeness (QED) is 0.777. The molecule has 1 saturated heterocycles. The van der Waals surface area contributed by atoms with E-state index >= 15 is 0 Å². The van der Waals surface area contributed by atoms with Gasteiger partial charge in [-0.1, -0.05) is 30.3 Å². The van der Waals surface area contributed by atoms with Crippen molar-refractivity contribution in [2.75, 3.05) is 13.2 Å². The fourth-order valence-electron chi connectivity index (χ4n) is 2.33. The van der Waals surface area contributed by atoms with Crippen molar-refractivity contribution < 1.29 is 19.0 Å². The second-order valence-corrected chi connectivity index (χ2v) is 5.03. The molecule has 0 bridgehead atoms. The highest BCUT2D eigenvalue weighted by Gasteiger charge is 2.40. The Bertz CT molecular complexity index is 425. The van der Waals surface area contributed by atoms with E-state index in [0.29, 0.717) is 13.2 Å². The fourth-order valence-corrected chi connectivity index (χ4v) is 2.33. The predicted molar refractivity (Wildman–Crippen MR) is 75.1 cm³/mol. The lowest BCUT2D eigenvalue weighted by molar-refractivity contribution is -0.234. The summed E-state index contributed by atoms with van der Waals surface area (Å²) in [7, 11) is 0. The average molecular weight is 278 g/mol. The molecule has 1 unspecified atom stereocenters. The van der Waals surface area contributed by atoms with E-state index in [0.717, 1.165) is 24.8 Å². The van der Waals surface area contributed by atoms with Gasteiger partial charge in [-0.05, 0) is 38.7 Å². The van der Waals surface area contributed by atoms with E-state index in [1.54, 1.807) is 13.8 Å². The van der Waals surface area contributed by atoms with Gasteiger partial charge in [0.1, 0.15) is 0 Å². The van der Waals surface area contributed by atoms with Crippen LogP contribution in [-0.2, 0) is 24.6 Å². The number of hydrogen-bond donors (Lipinski definition) is 0. The van der Waals surface area contributed by atoms with Crippen molar-refractivity contribution in [1.29, 1.82) is 0 Å². The molecule has 0 aromatic heterocycles. The molecule has 20 heavy (non-hydrogen) atoms. The van der Waals surface area contributed by atoms with Crippen molar-refractivity contribution in [2.45, 2.75) is 45.0 Å². The minimum atomic E-state index is -1.13. The molecule has 0 saturated carbocycles. The normalized spacial score (nSPS) is 22.0. The molecule has 4 nitrogen and oxygen atoms in total. The standard InChI is InChI=1S/C16H22O4/c1-3-18-15(17)16(2,13-9-5-4-6-10-13)20-14-11-7-8-12-19-14/h4-6,9-10,14H,3,7-8,11-12H2,1-2H3/t14?,16-/m0/s1. The first-order valence-corrected chi connectivity index (χ1v) is 7.19. The van der Waals surface area contributed by atoms with E-state index in [4.69, 9.17) is 14.2 Å². The largest absolute Gasteiger partial charge is 0.464 e. The number of benzene rings is 1. The average Bonchev–Trinajstić information content (AvgIpc) is 2.49. The predicted octanol–water partition coefficient (Wildman–Crippen LogP) is 3.01. The molecular formula is C16H22O4. The Balaban J connectivity index is 2.21. The number of carbonyl (C=O) groups excluding carboxylic acids is 1. The first-order valence-electron chi connectivity index (χ1n) is 7.19. The Kier molecular flexibility index (Phi) is 5.15. The summed E-state index contributed by atoms with van der Waals surface area (Å²) in [6, 6.07) is 9.43. The molecule has 0 spiro atoms. The summed E-state index contributed by atoms with van der Waals surface area (Å²) < 4.78 is 16.8. The minimum Gasteiger partial charge on any atom is -0.464 e. The molecular weight excluding hydrogens is 256 g/mol. The van der Waals surface area contributed by atoms with E-state index in [1.807, 2.05) is 30.3 Å². The zero-order valence-corrected chi connectivity index (χ0v) is 12.1. The summed E-state index contributed by atoms with van der Waals surface area (Å²) in [6.07, 6.45) is 2.56. The lowest BCUT2D eigenvalue weighted by atomic mass is 9.95. The number of esters is 1. The number of rotatable bonds is 5. The second kappa shape index (κ2) is 6.86. The SMILES string of the molecule is CCOC(=O)[C@@](C)(OC1CCCCO1)c1ccccc1. The Morgan fingerprint density at radius 3 is 2.70 bits per heavy atom. The van der Waals surface area contributed by atoms with Crippen molar-refractivity contribution in [3.63, 3.8) is 0 Å². The van der Waals surface area contributed by atoms with Crippen LogP contribution in [-0.4, -0.2) is 25.5 Å². The first kappa shape index (κ1) is 15.0. The van der Waals surface area contributed by atoms with Gasteiger partial charge in [-0.25, -0.2) is 4.79 Å². The first-order chi connectivity index (χ1) is 9.66. The van der Waals surface area contributed by atoms with Crippen LogP contribution in [0.5, 0.6) is 0 Å². The zero-order chi connectivity index (χ0) is 14.4. The number of hydrogen-bond acceptors (Lipinski definition) is 4. The molecule has 1 aromatic rings. The van der Waals surface area contributed by atoms with Gasteiger partial charge in [-0.2, -0.15) is 0 Å². The van der Waals surface area contributed by atoms with E-state index < -0.39 is 5.60 Å². The maximum atomic E-state index is 12.3. The highest BCUT2D eigenvalue weighted by atomic mass is 16.7. The van der Waals surface area contributed by atoms with E-state index in [1.165, 1.54) is 0 Å². The lowest BCUT2D eigenvalue weighted by Crippen LogP contribution is -2.42. The molecule has 1 heterocycles. The second-order valence-electron chi connectivity index (χ2n) is 5.03. The fraction of sp³-hybridized carbons (Fsp3) is 0.562. The van der Waals surface area contributed by atoms with Gasteiger partial charge in [-0.3, -0.25) is 0 Å². The van der Waals surface area contributed by atoms with Crippen molar-refractivity contribution >= 4 is 5.97 Å². The van der Waals surface area contributed by atoms with Gasteiger partial charge in [-0.15, -0.1) is 0 Å². The maximum Gasteiger partial charge on any atom is 0.342 e. The van der Waals surface area contributed by atoms with Crippen LogP contribution in [0.2, 0.25) is 0 Å². The van der Waals surface area contributed by atoms with Crippen molar-refractivity contribution in [2.24, 2.45) is 0 Å². The van der Waals surface area contributed by atoms with Crippen LogP contribution in [0.1, 0.15) is 38.7 Å². The molecule has 110 valence electrons. The molecule has 0 radical (unpaired) electrons. The van der Waals surface area contributed by atoms with Gasteiger partial charge in [0.25, 0.3) is 0 Å². The third kappa shape index (κ3) is 3.38. The van der Waals surface area contributed by atoms with Crippen molar-refractivity contribution in [3.8, 4) is 0 Å². The van der Waals surface area contributed by atoms with Crippen molar-refractivity contribution in [3.05, 3.63) is 35.9 Å². The third-order valence-corrected chi connectivity index (χ3v) is 3.49. The molecule has 0 amide bonds. The summed E-state index contributed by atoms with van der Waals surface area (Å²) in [4.78, 5) is 12.3. The monoisotopic (exact) mass is 278 g/mol. The maximum absolute atomic E-state index is 12.3. The molecule has 1 fully saturated rings. The Hall–Kier alpha value is -1.39. The third-order valence-electron chi connectivity index (χ3n) is 3.49. The van der Waals surface area contributed by atoms with Crippen LogP contribution in [0.3, 0.4) is 0 Å². The van der Waals surface area contributed by atoms with Crippen LogP contribution in [0.25, 0.3) is 0 Å². The summed E-state index contributed by atoms with van der Waals surface area (Å²) in [5.41, 5.74) is -0.341. The van der Waals surface area contributed by atoms with Gasteiger partial charge in [0.15, 0.2) is 11.9 Å². The Labute approximate surface area is 120 Å². The lowest BCUT2D eigenvalue weighted by Gasteiger charge is -2.33. The molecule has 2 atom stereocenters. The summed E-state index contributed by atoms with van der Waals surface area (Å²) in [5.74, 6) is -0.375. The molecule has 1 aliphatic heterocycles. The van der Waals surface area contributed by atoms with Gasteiger partial charge in [0, 0.05) is 6.61 Å². The van der Waals surface area contributed by atoms with E-state index in [2.05, 4.69) is 0 Å². The Morgan fingerprint density at radius 2 is 2.10 bits per heavy atom. The summed E-state index contributed by atoms with van der Waals surface area (Å²) >= 11 is 0. The highest BCUT2D eigenvalue weighted by molar-refractivity contribution is 5.81. The summed E-state index contributed by atoms with van der Waals surface area (Å²) in [5, 5.41) is 0. The molecule has 2 rings (SSSR count). The number of ether oxygens (including phenoxy) is 3. The zero-order valence-electron chi connectivity index (χ0n) is 12.1. The Morgan fingerprint density at radius 1 is 1.35 bits per heavy atom. The topological polar surface area (TPSA) is 44.8 Å². The van der Waals surface area contributed by atoms with Gasteiger partial charge < -0.3 is 14.2 Å². The van der Waals surface area contributed by atoms with Crippen LogP contribution in [0.4, 0.5) is 0 Å². The molecule has 1 aromatic carbocycles. The summed E-state index contributed by atoms with van der Waals surface area (Å²) in [6.45, 7) is 4.55. The van der Waals surface area contributed by atoms with Crippen LogP contribution >= 0.6 is 0 Å². The molecule has 4 heteroatoms.